The summed E-state index contributed by atoms with van der Waals surface area (Å²) in [5, 5.41) is 39.9. The number of nitrogens with two attached hydrogens (primary N) is 1. The number of aryl methyl sites for hydroxylation is 2. The van der Waals surface area contributed by atoms with Crippen molar-refractivity contribution in [2.24, 2.45) is 5.73 Å². The number of nitrogens with zero attached hydrogens (tertiary/aromatic N) is 1. The number of amides is 3. The van der Waals surface area contributed by atoms with Crippen LogP contribution >= 0.6 is 0 Å². The van der Waals surface area contributed by atoms with Gasteiger partial charge in [0.2, 0.25) is 11.8 Å². The Morgan fingerprint density at radius 3 is 2.35 bits per heavy atom. The predicted molar refractivity (Wildman–Crippen MR) is 172 cm³/mol. The number of carboxylic acid groups (broad SMARTS) is 1. The van der Waals surface area contributed by atoms with Gasteiger partial charge < -0.3 is 41.9 Å². The molecule has 0 unspecified atom stereocenters. The van der Waals surface area contributed by atoms with Crippen molar-refractivity contribution in [1.82, 2.24) is 20.9 Å². The molecule has 0 radical (unpaired) electrons. The topological polar surface area (TPSA) is 194 Å². The molecule has 12 heteroatoms. The summed E-state index contributed by atoms with van der Waals surface area (Å²) in [4.78, 5) is 53.8. The van der Waals surface area contributed by atoms with E-state index in [1.165, 1.54) is 17.0 Å². The van der Waals surface area contributed by atoms with E-state index in [1.807, 2.05) is 26.0 Å². The van der Waals surface area contributed by atoms with Crippen molar-refractivity contribution in [1.29, 1.82) is 0 Å². The summed E-state index contributed by atoms with van der Waals surface area (Å²) >= 11 is 0. The minimum Gasteiger partial charge on any atom is -0.507 e. The maximum Gasteiger partial charge on any atom is 0.326 e. The second-order valence-corrected chi connectivity index (χ2v) is 11.7. The lowest BCUT2D eigenvalue weighted by Crippen LogP contribution is -2.53. The normalized spacial score (nSPS) is 18.9. The van der Waals surface area contributed by atoms with Crippen LogP contribution in [-0.4, -0.2) is 82.2 Å². The van der Waals surface area contributed by atoms with E-state index < -0.39 is 47.9 Å². The molecule has 3 aromatic carbocycles. The molecule has 0 saturated heterocycles. The minimum absolute atomic E-state index is 0.0468. The van der Waals surface area contributed by atoms with Gasteiger partial charge in [-0.1, -0.05) is 29.8 Å². The van der Waals surface area contributed by atoms with E-state index in [9.17, 15) is 34.5 Å². The van der Waals surface area contributed by atoms with Crippen LogP contribution < -0.4 is 21.7 Å². The highest BCUT2D eigenvalue weighted by atomic mass is 16.4. The lowest BCUT2D eigenvalue weighted by Gasteiger charge is -2.33. The maximum absolute atomic E-state index is 14.0. The van der Waals surface area contributed by atoms with Crippen LogP contribution in [0, 0.1) is 13.8 Å². The Balaban J connectivity index is 1.74. The molecular formula is C34H41N5O7. The lowest BCUT2D eigenvalue weighted by atomic mass is 9.94. The van der Waals surface area contributed by atoms with Crippen molar-refractivity contribution in [3.8, 4) is 22.6 Å². The zero-order chi connectivity index (χ0) is 33.7. The molecule has 244 valence electrons. The van der Waals surface area contributed by atoms with E-state index in [4.69, 9.17) is 5.73 Å². The van der Waals surface area contributed by atoms with Crippen molar-refractivity contribution in [2.75, 3.05) is 20.1 Å². The molecule has 12 nitrogen and oxygen atoms in total. The van der Waals surface area contributed by atoms with Crippen LogP contribution in [0.1, 0.15) is 52.0 Å². The highest BCUT2D eigenvalue weighted by Crippen LogP contribution is 2.38. The van der Waals surface area contributed by atoms with Crippen LogP contribution in [-0.2, 0) is 20.8 Å². The van der Waals surface area contributed by atoms with E-state index in [-0.39, 0.29) is 48.6 Å². The van der Waals surface area contributed by atoms with E-state index in [1.54, 1.807) is 44.3 Å². The number of nitrogens with one attached hydrogen (secondary N) is 3. The van der Waals surface area contributed by atoms with Crippen LogP contribution in [0.4, 0.5) is 0 Å². The van der Waals surface area contributed by atoms with Crippen molar-refractivity contribution in [2.45, 2.75) is 57.8 Å². The van der Waals surface area contributed by atoms with Crippen LogP contribution in [0.15, 0.2) is 54.6 Å². The van der Waals surface area contributed by atoms with Crippen LogP contribution in [0.2, 0.25) is 0 Å². The summed E-state index contributed by atoms with van der Waals surface area (Å²) in [5.41, 5.74) is 9.66. The van der Waals surface area contributed by atoms with Gasteiger partial charge in [-0.3, -0.25) is 14.4 Å². The number of likely N-dealkylation sites (N-methyl/N-ethyl adjacent to an activating group) is 1. The number of hydrogen-bond donors (Lipinski definition) is 7. The number of benzene rings is 3. The van der Waals surface area contributed by atoms with Gasteiger partial charge in [-0.05, 0) is 80.8 Å². The molecule has 3 amide bonds. The van der Waals surface area contributed by atoms with E-state index in [0.717, 1.165) is 11.1 Å². The number of aliphatic carboxylic acids is 1. The first kappa shape index (κ1) is 33.9. The van der Waals surface area contributed by atoms with Gasteiger partial charge in [-0.2, -0.15) is 0 Å². The summed E-state index contributed by atoms with van der Waals surface area (Å²) in [5.74, 6) is -2.92. The number of carboxylic acids is 1. The largest absolute Gasteiger partial charge is 0.507 e. The fraction of sp³-hybridized carbons (Fsp3) is 0.353. The standard InChI is InChI=1S/C34H41N5O7/c1-18-5-8-23(19(2)13-18)32(43)37-26(11-12-35)33(44)39(4)28-17-36-20(3)31(42)38-27(34(45)46)15-21-6-9-29(40)24(14-21)25-16-22(28)7-10-30(25)41/h5-10,13-14,16,20,26-28,36,40-41H,11-12,15,17,35H2,1-4H3,(H,37,43)(H,38,42)(H,45,46)/t20-,26-,27-,28+/m0/s1. The summed E-state index contributed by atoms with van der Waals surface area (Å²) < 4.78 is 0. The molecule has 8 N–H and O–H groups in total. The predicted octanol–water partition coefficient (Wildman–Crippen LogP) is 2.13. The Morgan fingerprint density at radius 1 is 1.02 bits per heavy atom. The Labute approximate surface area is 267 Å². The van der Waals surface area contributed by atoms with Crippen molar-refractivity contribution in [3.63, 3.8) is 0 Å². The third-order valence-corrected chi connectivity index (χ3v) is 8.32. The number of carbonyl (C=O) groups is 4. The Morgan fingerprint density at radius 2 is 1.70 bits per heavy atom. The molecule has 46 heavy (non-hydrogen) atoms. The summed E-state index contributed by atoms with van der Waals surface area (Å²) in [6, 6.07) is 10.9. The van der Waals surface area contributed by atoms with Gasteiger partial charge in [0.05, 0.1) is 12.1 Å². The number of phenols is 2. The van der Waals surface area contributed by atoms with Crippen molar-refractivity contribution >= 4 is 23.7 Å². The molecule has 4 bridgehead atoms. The zero-order valence-corrected chi connectivity index (χ0v) is 26.3. The van der Waals surface area contributed by atoms with E-state index in [0.29, 0.717) is 16.7 Å². The first-order chi connectivity index (χ1) is 21.8. The van der Waals surface area contributed by atoms with Gasteiger partial charge >= 0.3 is 5.97 Å². The van der Waals surface area contributed by atoms with Gasteiger partial charge in [0.25, 0.3) is 5.91 Å². The SMILES string of the molecule is Cc1ccc(C(=O)N[C@@H](CCN)C(=O)N(C)[C@@H]2CN[C@@H](C)C(=O)N[C@H](C(=O)O)Cc3ccc(O)c(c3)-c3cc2ccc3O)c(C)c1. The minimum atomic E-state index is -1.25. The van der Waals surface area contributed by atoms with Crippen LogP contribution in [0.5, 0.6) is 11.5 Å². The fourth-order valence-corrected chi connectivity index (χ4v) is 5.62. The van der Waals surface area contributed by atoms with Gasteiger partial charge in [-0.15, -0.1) is 0 Å². The number of hydrogen-bond acceptors (Lipinski definition) is 8. The van der Waals surface area contributed by atoms with Gasteiger partial charge in [0.15, 0.2) is 0 Å². The average molecular weight is 632 g/mol. The molecule has 3 aromatic rings. The molecule has 0 fully saturated rings. The molecule has 4 atom stereocenters. The lowest BCUT2D eigenvalue weighted by molar-refractivity contribution is -0.142. The summed E-state index contributed by atoms with van der Waals surface area (Å²) in [7, 11) is 1.57. The molecule has 1 heterocycles. The first-order valence-corrected chi connectivity index (χ1v) is 15.1. The van der Waals surface area contributed by atoms with Gasteiger partial charge in [-0.25, -0.2) is 4.79 Å². The van der Waals surface area contributed by atoms with Gasteiger partial charge in [0.1, 0.15) is 23.6 Å². The second-order valence-electron chi connectivity index (χ2n) is 11.7. The summed E-state index contributed by atoms with van der Waals surface area (Å²) in [6.07, 6.45) is 0.106. The number of carbonyl (C=O) groups excluding carboxylic acids is 3. The third-order valence-electron chi connectivity index (χ3n) is 8.32. The smallest absolute Gasteiger partial charge is 0.326 e. The van der Waals surface area contributed by atoms with Crippen molar-refractivity contribution < 1.29 is 34.5 Å². The fourth-order valence-electron chi connectivity index (χ4n) is 5.62. The number of rotatable bonds is 7. The Bertz CT molecular complexity index is 1640. The molecular weight excluding hydrogens is 590 g/mol. The highest BCUT2D eigenvalue weighted by molar-refractivity contribution is 5.98. The quantitative estimate of drug-likeness (QED) is 0.204. The first-order valence-electron chi connectivity index (χ1n) is 15.1. The van der Waals surface area contributed by atoms with Crippen LogP contribution in [0.25, 0.3) is 11.1 Å². The Kier molecular flexibility index (Phi) is 10.7. The zero-order valence-electron chi connectivity index (χ0n) is 26.3. The average Bonchev–Trinajstić information content (AvgIpc) is 3.01. The molecule has 0 saturated carbocycles. The summed E-state index contributed by atoms with van der Waals surface area (Å²) in [6.45, 7) is 5.50. The number of fused-ring (bicyclic) bond motifs is 5. The second kappa shape index (κ2) is 14.4. The van der Waals surface area contributed by atoms with E-state index >= 15 is 0 Å². The molecule has 1 aliphatic rings. The van der Waals surface area contributed by atoms with Gasteiger partial charge in [0, 0.05) is 36.7 Å². The highest BCUT2D eigenvalue weighted by Gasteiger charge is 2.32. The molecule has 0 aromatic heterocycles. The van der Waals surface area contributed by atoms with Crippen molar-refractivity contribution in [3.05, 3.63) is 82.4 Å². The molecule has 4 rings (SSSR count). The third kappa shape index (κ3) is 7.64. The maximum atomic E-state index is 14.0. The molecule has 1 aliphatic heterocycles. The van der Waals surface area contributed by atoms with E-state index in [2.05, 4.69) is 16.0 Å². The number of aromatic hydroxyl groups is 2. The Hall–Kier alpha value is -4.94. The molecule has 0 aliphatic carbocycles. The molecule has 0 spiro atoms. The number of phenolic OH excluding ortho intramolecular Hbond substituents is 2. The monoisotopic (exact) mass is 631 g/mol. The van der Waals surface area contributed by atoms with Crippen LogP contribution in [0.3, 0.4) is 0 Å².